The first-order valence-corrected chi connectivity index (χ1v) is 27.9. The van der Waals surface area contributed by atoms with E-state index < -0.39 is 21.8 Å². The molecule has 378 valence electrons. The predicted molar refractivity (Wildman–Crippen MR) is 252 cm³/mol. The number of fused-ring (bicyclic) bond motifs is 10. The van der Waals surface area contributed by atoms with E-state index in [4.69, 9.17) is 9.66 Å². The molecule has 8 N–H and O–H groups in total. The van der Waals surface area contributed by atoms with Gasteiger partial charge in [0.2, 0.25) is 11.8 Å². The molecular weight excluding hydrogens is 861 g/mol. The van der Waals surface area contributed by atoms with E-state index in [9.17, 15) is 43.2 Å². The molecule has 66 heavy (non-hydrogen) atoms. The number of carboxylic acid groups (broad SMARTS) is 1. The summed E-state index contributed by atoms with van der Waals surface area (Å²) in [5.41, 5.74) is 0.863. The summed E-state index contributed by atoms with van der Waals surface area (Å²) in [6.45, 7) is 13.9. The van der Waals surface area contributed by atoms with Crippen LogP contribution in [-0.2, 0) is 24.5 Å². The highest BCUT2D eigenvalue weighted by molar-refractivity contribution is 7.85. The third-order valence-electron chi connectivity index (χ3n) is 21.6. The zero-order chi connectivity index (χ0) is 48.1. The first-order chi connectivity index (χ1) is 30.9. The number of nitrogens with one attached hydrogen (secondary N) is 2. The highest BCUT2D eigenvalue weighted by Crippen LogP contribution is 2.70. The van der Waals surface area contributed by atoms with Gasteiger partial charge in [-0.2, -0.15) is 8.42 Å². The molecule has 0 saturated heterocycles. The largest absolute Gasteiger partial charge is 0.480 e. The number of carboxylic acids is 1. The van der Waals surface area contributed by atoms with Crippen molar-refractivity contribution in [2.45, 2.75) is 194 Å². The van der Waals surface area contributed by atoms with Crippen LogP contribution in [0.4, 0.5) is 0 Å². The first kappa shape index (κ1) is 52.0. The highest BCUT2D eigenvalue weighted by atomic mass is 32.2. The Morgan fingerprint density at radius 3 is 1.38 bits per heavy atom. The maximum absolute atomic E-state index is 12.2. The Balaban J connectivity index is 0.000000197. The Morgan fingerprint density at radius 2 is 0.970 bits per heavy atom. The number of hydrogen-bond acceptors (Lipinski definition) is 9. The number of carbonyl (C=O) groups is 3. The second-order valence-corrected chi connectivity index (χ2v) is 26.3. The summed E-state index contributed by atoms with van der Waals surface area (Å²) in [5.74, 6) is 3.76. The average molecular weight is 949 g/mol. The van der Waals surface area contributed by atoms with Crippen LogP contribution in [0, 0.1) is 92.7 Å². The third kappa shape index (κ3) is 10.3. The second-order valence-electron chi connectivity index (χ2n) is 24.7. The molecule has 0 spiro atoms. The van der Waals surface area contributed by atoms with E-state index in [1.54, 1.807) is 0 Å². The number of amides is 2. The van der Waals surface area contributed by atoms with Gasteiger partial charge in [0.1, 0.15) is 6.54 Å². The quantitative estimate of drug-likeness (QED) is 0.0877. The zero-order valence-electron chi connectivity index (χ0n) is 41.1. The summed E-state index contributed by atoms with van der Waals surface area (Å²) in [7, 11) is -4.06. The van der Waals surface area contributed by atoms with E-state index in [0.717, 1.165) is 96.3 Å². The molecule has 2 amide bonds. The van der Waals surface area contributed by atoms with Crippen molar-refractivity contribution in [1.82, 2.24) is 10.6 Å². The topological polar surface area (TPSA) is 231 Å². The van der Waals surface area contributed by atoms with Crippen molar-refractivity contribution in [3.63, 3.8) is 0 Å². The standard InChI is InChI=1S/C26H45NO6S.C26H43NO5/c1-16(4-7-23(30)27-12-13-34(31,32)33)19-5-6-20-24-21(9-11-26(19,20)3)25(2)10-8-18(28)14-17(25)15-22(24)29;1-15(4-7-22(30)27-14-23(31)32)18-5-6-19-24-20(9-11-26(18,19)3)25(2)10-8-17(28)12-16(25)13-21(24)29/h16-22,24,28-29H,4-15H2,1-3H3,(H,27,30)(H,31,32,33);15-21,24,28-29H,4-14H2,1-3H3,(H,27,30)(H,31,32)/t16-,17?,18-,19-,20?,21?,22+,24?,25+,26-;15-,16?,17-,18-,19?,20?,21+,24?,25+,26-/m11/s1. The minimum Gasteiger partial charge on any atom is -0.480 e. The van der Waals surface area contributed by atoms with Crippen LogP contribution >= 0.6 is 0 Å². The van der Waals surface area contributed by atoms with Gasteiger partial charge in [0.15, 0.2) is 0 Å². The molecule has 8 aliphatic rings. The summed E-state index contributed by atoms with van der Waals surface area (Å²) in [6, 6.07) is 0. The van der Waals surface area contributed by atoms with Gasteiger partial charge in [-0.1, -0.05) is 41.5 Å². The van der Waals surface area contributed by atoms with E-state index in [2.05, 4.69) is 52.2 Å². The van der Waals surface area contributed by atoms with Crippen LogP contribution < -0.4 is 10.6 Å². The summed E-state index contributed by atoms with van der Waals surface area (Å²) in [5, 5.41) is 57.0. The fraction of sp³-hybridized carbons (Fsp3) is 0.942. The number of aliphatic hydroxyl groups excluding tert-OH is 4. The molecule has 0 aromatic carbocycles. The molecule has 0 bridgehead atoms. The van der Waals surface area contributed by atoms with Gasteiger partial charge in [-0.3, -0.25) is 18.9 Å². The maximum atomic E-state index is 12.2. The Morgan fingerprint density at radius 1 is 0.576 bits per heavy atom. The van der Waals surface area contributed by atoms with Crippen molar-refractivity contribution in [2.24, 2.45) is 92.7 Å². The van der Waals surface area contributed by atoms with Crippen LogP contribution in [0.5, 0.6) is 0 Å². The molecule has 8 aliphatic carbocycles. The van der Waals surface area contributed by atoms with Gasteiger partial charge in [-0.15, -0.1) is 0 Å². The van der Waals surface area contributed by atoms with E-state index >= 15 is 0 Å². The van der Waals surface area contributed by atoms with Crippen LogP contribution in [-0.4, -0.2) is 99.5 Å². The molecule has 20 atom stereocenters. The third-order valence-corrected chi connectivity index (χ3v) is 22.3. The van der Waals surface area contributed by atoms with Crippen molar-refractivity contribution >= 4 is 27.9 Å². The lowest BCUT2D eigenvalue weighted by Gasteiger charge is -2.62. The van der Waals surface area contributed by atoms with Crippen LogP contribution in [0.1, 0.15) is 170 Å². The number of rotatable bonds is 13. The van der Waals surface area contributed by atoms with Crippen molar-refractivity contribution in [2.75, 3.05) is 18.8 Å². The first-order valence-electron chi connectivity index (χ1n) is 26.3. The molecule has 13 nitrogen and oxygen atoms in total. The van der Waals surface area contributed by atoms with Gasteiger partial charge in [0.05, 0.1) is 30.2 Å². The van der Waals surface area contributed by atoms with Gasteiger partial charge in [-0.25, -0.2) is 0 Å². The van der Waals surface area contributed by atoms with E-state index in [1.807, 2.05) is 0 Å². The molecule has 0 aromatic heterocycles. The zero-order valence-corrected chi connectivity index (χ0v) is 42.0. The Bertz CT molecular complexity index is 1850. The van der Waals surface area contributed by atoms with Crippen LogP contribution in [0.2, 0.25) is 0 Å². The molecule has 8 fully saturated rings. The van der Waals surface area contributed by atoms with Gasteiger partial charge in [0, 0.05) is 19.4 Å². The van der Waals surface area contributed by atoms with Crippen LogP contribution in [0.3, 0.4) is 0 Å². The second kappa shape index (κ2) is 20.1. The lowest BCUT2D eigenvalue weighted by atomic mass is 9.43. The number of hydrogen-bond donors (Lipinski definition) is 8. The van der Waals surface area contributed by atoms with E-state index in [-0.39, 0.29) is 71.0 Å². The van der Waals surface area contributed by atoms with Gasteiger partial charge in [-0.05, 0) is 208 Å². The minimum absolute atomic E-state index is 0.0625. The lowest BCUT2D eigenvalue weighted by Crippen LogP contribution is -2.58. The van der Waals surface area contributed by atoms with E-state index in [0.29, 0.717) is 83.9 Å². The number of aliphatic hydroxyl groups is 4. The van der Waals surface area contributed by atoms with Gasteiger partial charge < -0.3 is 36.2 Å². The molecule has 0 aromatic rings. The Kier molecular flexibility index (Phi) is 15.8. The molecule has 0 heterocycles. The molecule has 8 saturated carbocycles. The maximum Gasteiger partial charge on any atom is 0.322 e. The average Bonchev–Trinajstić information content (AvgIpc) is 3.79. The van der Waals surface area contributed by atoms with Gasteiger partial charge in [0.25, 0.3) is 10.1 Å². The van der Waals surface area contributed by atoms with Crippen LogP contribution in [0.15, 0.2) is 0 Å². The monoisotopic (exact) mass is 949 g/mol. The lowest BCUT2D eigenvalue weighted by molar-refractivity contribution is -0.174. The molecular formula is C52H88N2O11S. The van der Waals surface area contributed by atoms with Crippen molar-refractivity contribution in [3.05, 3.63) is 0 Å². The summed E-state index contributed by atoms with van der Waals surface area (Å²) in [4.78, 5) is 34.9. The van der Waals surface area contributed by atoms with E-state index in [1.165, 1.54) is 19.3 Å². The van der Waals surface area contributed by atoms with Crippen molar-refractivity contribution in [3.8, 4) is 0 Å². The summed E-state index contributed by atoms with van der Waals surface area (Å²) >= 11 is 0. The SMILES string of the molecule is C[C@H](CCC(=O)NCC(=O)O)[C@H]1CCC2C3C(CC[C@@]21C)[C@@]1(C)CC[C@@H](O)CC1C[C@@H]3O.C[C@H](CCC(=O)NCCS(=O)(=O)O)[C@H]1CCC2C3C(CC[C@@]21C)[C@@]1(C)CC[C@@H](O)CC1C[C@@H]3O. The van der Waals surface area contributed by atoms with Gasteiger partial charge >= 0.3 is 5.97 Å². The normalized spacial score (nSPS) is 45.7. The molecule has 0 radical (unpaired) electrons. The number of aliphatic carboxylic acids is 1. The Hall–Kier alpha value is -1.84. The molecule has 0 aliphatic heterocycles. The Labute approximate surface area is 395 Å². The predicted octanol–water partition coefficient (Wildman–Crippen LogP) is 6.99. The van der Waals surface area contributed by atoms with Crippen LogP contribution in [0.25, 0.3) is 0 Å². The fourth-order valence-corrected chi connectivity index (χ4v) is 18.5. The molecule has 8 rings (SSSR count). The minimum atomic E-state index is -4.06. The number of carbonyl (C=O) groups excluding carboxylic acids is 2. The summed E-state index contributed by atoms with van der Waals surface area (Å²) in [6.07, 6.45) is 17.9. The highest BCUT2D eigenvalue weighted by Gasteiger charge is 2.64. The summed E-state index contributed by atoms with van der Waals surface area (Å²) < 4.78 is 30.5. The van der Waals surface area contributed by atoms with Crippen molar-refractivity contribution in [1.29, 1.82) is 0 Å². The smallest absolute Gasteiger partial charge is 0.322 e. The molecule has 8 unspecified atom stereocenters. The van der Waals surface area contributed by atoms with Crippen molar-refractivity contribution < 1.29 is 52.9 Å². The molecule has 14 heteroatoms. The fourth-order valence-electron chi connectivity index (χ4n) is 18.1.